The van der Waals surface area contributed by atoms with Gasteiger partial charge in [0.15, 0.2) is 0 Å². The van der Waals surface area contributed by atoms with Crippen LogP contribution in [0.25, 0.3) is 0 Å². The Morgan fingerprint density at radius 1 is 1.00 bits per heavy atom. The van der Waals surface area contributed by atoms with Gasteiger partial charge in [-0.05, 0) is 56.1 Å². The summed E-state index contributed by atoms with van der Waals surface area (Å²) in [6, 6.07) is 0. The number of aliphatic hydroxyl groups excluding tert-OH is 1. The van der Waals surface area contributed by atoms with Crippen LogP contribution in [0.15, 0.2) is 35.5 Å². The minimum Gasteiger partial charge on any atom is -0.388 e. The fourth-order valence-electron chi connectivity index (χ4n) is 2.62. The standard InChI is InChI=1S/C15H22O/c1-12-14(8-5-9-15(12)16)11-10-13-6-3-2-4-7-13/h10-11,15-16H,1-9H2/b14-11-. The van der Waals surface area contributed by atoms with Crippen molar-refractivity contribution in [3.63, 3.8) is 0 Å². The Morgan fingerprint density at radius 2 is 1.75 bits per heavy atom. The molecule has 0 aliphatic heterocycles. The Bertz CT molecular complexity index is 314. The zero-order valence-corrected chi connectivity index (χ0v) is 10.0. The third-order valence-electron chi connectivity index (χ3n) is 3.75. The van der Waals surface area contributed by atoms with E-state index in [4.69, 9.17) is 0 Å². The van der Waals surface area contributed by atoms with Crippen LogP contribution in [-0.2, 0) is 0 Å². The minimum absolute atomic E-state index is 0.301. The van der Waals surface area contributed by atoms with E-state index < -0.39 is 0 Å². The average Bonchev–Trinajstić information content (AvgIpc) is 2.32. The van der Waals surface area contributed by atoms with Crippen LogP contribution in [0.4, 0.5) is 0 Å². The summed E-state index contributed by atoms with van der Waals surface area (Å²) in [6.45, 7) is 3.99. The highest BCUT2D eigenvalue weighted by Crippen LogP contribution is 2.29. The molecule has 88 valence electrons. The fourth-order valence-corrected chi connectivity index (χ4v) is 2.62. The maximum absolute atomic E-state index is 9.72. The highest BCUT2D eigenvalue weighted by Gasteiger charge is 2.17. The van der Waals surface area contributed by atoms with Gasteiger partial charge in [0.2, 0.25) is 0 Å². The Kier molecular flexibility index (Phi) is 4.00. The van der Waals surface area contributed by atoms with Crippen molar-refractivity contribution < 1.29 is 5.11 Å². The second kappa shape index (κ2) is 5.49. The molecule has 1 atom stereocenters. The molecule has 1 N–H and O–H groups in total. The molecule has 2 aliphatic rings. The van der Waals surface area contributed by atoms with Crippen LogP contribution in [0.1, 0.15) is 51.4 Å². The molecular weight excluding hydrogens is 196 g/mol. The molecule has 2 aliphatic carbocycles. The van der Waals surface area contributed by atoms with E-state index in [1.807, 2.05) is 0 Å². The van der Waals surface area contributed by atoms with Gasteiger partial charge in [0.05, 0.1) is 6.10 Å². The highest BCUT2D eigenvalue weighted by molar-refractivity contribution is 5.37. The van der Waals surface area contributed by atoms with E-state index in [1.165, 1.54) is 37.7 Å². The van der Waals surface area contributed by atoms with Gasteiger partial charge in [-0.2, -0.15) is 0 Å². The van der Waals surface area contributed by atoms with Crippen molar-refractivity contribution in [1.29, 1.82) is 0 Å². The Labute approximate surface area is 98.6 Å². The summed E-state index contributed by atoms with van der Waals surface area (Å²) in [6.07, 6.45) is 13.8. The normalized spacial score (nSPS) is 29.6. The van der Waals surface area contributed by atoms with Crippen molar-refractivity contribution >= 4 is 0 Å². The van der Waals surface area contributed by atoms with Crippen molar-refractivity contribution in [3.8, 4) is 0 Å². The second-order valence-electron chi connectivity index (χ2n) is 5.01. The summed E-state index contributed by atoms with van der Waals surface area (Å²) in [5.41, 5.74) is 3.78. The van der Waals surface area contributed by atoms with Gasteiger partial charge in [-0.25, -0.2) is 0 Å². The largest absolute Gasteiger partial charge is 0.388 e. The molecule has 1 nitrogen and oxygen atoms in total. The van der Waals surface area contributed by atoms with Crippen LogP contribution in [0.2, 0.25) is 0 Å². The molecule has 1 heteroatoms. The SMILES string of the molecule is C=C1/C(=C\C=C2CCCCC2)CCCC1O. The lowest BCUT2D eigenvalue weighted by molar-refractivity contribution is 0.191. The van der Waals surface area contributed by atoms with Crippen LogP contribution in [0.5, 0.6) is 0 Å². The molecule has 0 radical (unpaired) electrons. The number of rotatable bonds is 1. The summed E-state index contributed by atoms with van der Waals surface area (Å²) in [4.78, 5) is 0. The average molecular weight is 218 g/mol. The Morgan fingerprint density at radius 3 is 2.50 bits per heavy atom. The topological polar surface area (TPSA) is 20.2 Å². The van der Waals surface area contributed by atoms with Gasteiger partial charge < -0.3 is 5.11 Å². The molecule has 2 saturated carbocycles. The molecular formula is C15H22O. The van der Waals surface area contributed by atoms with E-state index in [1.54, 1.807) is 5.57 Å². The molecule has 0 saturated heterocycles. The number of allylic oxidation sites excluding steroid dienone is 3. The lowest BCUT2D eigenvalue weighted by Gasteiger charge is -2.22. The van der Waals surface area contributed by atoms with E-state index in [0.29, 0.717) is 0 Å². The fraction of sp³-hybridized carbons (Fsp3) is 0.600. The van der Waals surface area contributed by atoms with E-state index in [2.05, 4.69) is 18.7 Å². The van der Waals surface area contributed by atoms with E-state index in [9.17, 15) is 5.11 Å². The maximum atomic E-state index is 9.72. The summed E-state index contributed by atoms with van der Waals surface area (Å²) < 4.78 is 0. The van der Waals surface area contributed by atoms with Gasteiger partial charge in [-0.15, -0.1) is 0 Å². The molecule has 16 heavy (non-hydrogen) atoms. The molecule has 0 spiro atoms. The third-order valence-corrected chi connectivity index (χ3v) is 3.75. The van der Waals surface area contributed by atoms with Crippen LogP contribution in [-0.4, -0.2) is 11.2 Å². The first-order valence-electron chi connectivity index (χ1n) is 6.53. The van der Waals surface area contributed by atoms with Crippen LogP contribution >= 0.6 is 0 Å². The number of hydrogen-bond donors (Lipinski definition) is 1. The minimum atomic E-state index is -0.301. The van der Waals surface area contributed by atoms with Gasteiger partial charge >= 0.3 is 0 Å². The molecule has 2 fully saturated rings. The van der Waals surface area contributed by atoms with Crippen LogP contribution < -0.4 is 0 Å². The molecule has 0 heterocycles. The number of hydrogen-bond acceptors (Lipinski definition) is 1. The first-order chi connectivity index (χ1) is 7.77. The van der Waals surface area contributed by atoms with Crippen LogP contribution in [0, 0.1) is 0 Å². The summed E-state index contributed by atoms with van der Waals surface area (Å²) >= 11 is 0. The van der Waals surface area contributed by atoms with Gasteiger partial charge in [-0.1, -0.05) is 30.7 Å². The summed E-state index contributed by atoms with van der Waals surface area (Å²) in [5.74, 6) is 0. The van der Waals surface area contributed by atoms with Crippen molar-refractivity contribution in [2.45, 2.75) is 57.5 Å². The highest BCUT2D eigenvalue weighted by atomic mass is 16.3. The Balaban J connectivity index is 2.02. The van der Waals surface area contributed by atoms with Gasteiger partial charge in [0, 0.05) is 0 Å². The molecule has 0 aromatic carbocycles. The molecule has 0 aromatic heterocycles. The summed E-state index contributed by atoms with van der Waals surface area (Å²) in [7, 11) is 0. The third kappa shape index (κ3) is 2.85. The van der Waals surface area contributed by atoms with Crippen molar-refractivity contribution in [2.75, 3.05) is 0 Å². The molecule has 1 unspecified atom stereocenters. The molecule has 0 bridgehead atoms. The molecule has 2 rings (SSSR count). The lowest BCUT2D eigenvalue weighted by atomic mass is 9.87. The van der Waals surface area contributed by atoms with E-state index >= 15 is 0 Å². The predicted octanol–water partition coefficient (Wildman–Crippen LogP) is 3.90. The van der Waals surface area contributed by atoms with Crippen molar-refractivity contribution in [3.05, 3.63) is 35.5 Å². The first-order valence-corrected chi connectivity index (χ1v) is 6.53. The Hall–Kier alpha value is -0.820. The van der Waals surface area contributed by atoms with Crippen LogP contribution in [0.3, 0.4) is 0 Å². The second-order valence-corrected chi connectivity index (χ2v) is 5.01. The monoisotopic (exact) mass is 218 g/mol. The van der Waals surface area contributed by atoms with Crippen molar-refractivity contribution in [1.82, 2.24) is 0 Å². The van der Waals surface area contributed by atoms with E-state index in [-0.39, 0.29) is 6.10 Å². The predicted molar refractivity (Wildman–Crippen MR) is 68.2 cm³/mol. The zero-order valence-electron chi connectivity index (χ0n) is 10.0. The van der Waals surface area contributed by atoms with Crippen molar-refractivity contribution in [2.24, 2.45) is 0 Å². The quantitative estimate of drug-likeness (QED) is 0.707. The molecule has 0 amide bonds. The smallest absolute Gasteiger partial charge is 0.0787 e. The van der Waals surface area contributed by atoms with E-state index in [0.717, 1.165) is 24.8 Å². The maximum Gasteiger partial charge on any atom is 0.0787 e. The van der Waals surface area contributed by atoms with Gasteiger partial charge in [-0.3, -0.25) is 0 Å². The number of aliphatic hydroxyl groups is 1. The summed E-state index contributed by atoms with van der Waals surface area (Å²) in [5, 5.41) is 9.72. The zero-order chi connectivity index (χ0) is 11.4. The first kappa shape index (κ1) is 11.7. The van der Waals surface area contributed by atoms with Gasteiger partial charge in [0.25, 0.3) is 0 Å². The van der Waals surface area contributed by atoms with Gasteiger partial charge in [0.1, 0.15) is 0 Å². The lowest BCUT2D eigenvalue weighted by Crippen LogP contribution is -2.16. The molecule has 0 aromatic rings.